The Morgan fingerprint density at radius 1 is 1.41 bits per heavy atom. The van der Waals surface area contributed by atoms with Crippen LogP contribution in [0.1, 0.15) is 31.2 Å². The van der Waals surface area contributed by atoms with Gasteiger partial charge in [-0.2, -0.15) is 0 Å². The topological polar surface area (TPSA) is 46.5 Å². The summed E-state index contributed by atoms with van der Waals surface area (Å²) in [6.07, 6.45) is 2.94. The molecule has 0 bridgehead atoms. The fourth-order valence-electron chi connectivity index (χ4n) is 2.64. The van der Waals surface area contributed by atoms with Gasteiger partial charge < -0.3 is 9.84 Å². The molecular formula is C13H15FO3. The normalized spacial score (nSPS) is 18.0. The minimum absolute atomic E-state index is 0.328. The first kappa shape index (κ1) is 11.9. The summed E-state index contributed by atoms with van der Waals surface area (Å²) in [5.41, 5.74) is -0.314. The summed E-state index contributed by atoms with van der Waals surface area (Å²) < 4.78 is 18.2. The standard InChI is InChI=1S/C13H15FO3/c1-17-11-8-9(14)4-5-10(11)13(12(15)16)6-2-3-7-13/h4-5,8H,2-3,6-7H2,1H3,(H,15,16). The van der Waals surface area contributed by atoms with Gasteiger partial charge in [0.2, 0.25) is 0 Å². The van der Waals surface area contributed by atoms with Crippen molar-refractivity contribution in [1.29, 1.82) is 0 Å². The number of aliphatic carboxylic acids is 1. The van der Waals surface area contributed by atoms with Gasteiger partial charge in [0.1, 0.15) is 11.6 Å². The molecule has 0 radical (unpaired) electrons. The lowest BCUT2D eigenvalue weighted by atomic mass is 9.78. The van der Waals surface area contributed by atoms with E-state index < -0.39 is 17.2 Å². The Morgan fingerprint density at radius 2 is 2.06 bits per heavy atom. The summed E-state index contributed by atoms with van der Waals surface area (Å²) in [5.74, 6) is -0.932. The molecule has 0 aromatic heterocycles. The lowest BCUT2D eigenvalue weighted by Crippen LogP contribution is -2.33. The zero-order valence-electron chi connectivity index (χ0n) is 9.70. The van der Waals surface area contributed by atoms with Crippen LogP contribution in [-0.2, 0) is 10.2 Å². The Bertz CT molecular complexity index is 436. The van der Waals surface area contributed by atoms with Crippen LogP contribution in [0.5, 0.6) is 5.75 Å². The third-order valence-electron chi connectivity index (χ3n) is 3.55. The summed E-state index contributed by atoms with van der Waals surface area (Å²) in [6, 6.07) is 4.08. The van der Waals surface area contributed by atoms with E-state index in [0.29, 0.717) is 24.2 Å². The van der Waals surface area contributed by atoms with Gasteiger partial charge in [0.25, 0.3) is 0 Å². The number of halogens is 1. The molecule has 1 aliphatic rings. The maximum Gasteiger partial charge on any atom is 0.314 e. The van der Waals surface area contributed by atoms with E-state index in [4.69, 9.17) is 4.74 Å². The second-order valence-electron chi connectivity index (χ2n) is 4.44. The van der Waals surface area contributed by atoms with Crippen molar-refractivity contribution in [2.24, 2.45) is 0 Å². The zero-order valence-corrected chi connectivity index (χ0v) is 9.70. The Balaban J connectivity index is 2.54. The van der Waals surface area contributed by atoms with Crippen molar-refractivity contribution in [3.63, 3.8) is 0 Å². The van der Waals surface area contributed by atoms with Crippen LogP contribution >= 0.6 is 0 Å². The summed E-state index contributed by atoms with van der Waals surface area (Å²) in [7, 11) is 1.43. The Kier molecular flexibility index (Phi) is 3.05. The third-order valence-corrected chi connectivity index (χ3v) is 3.55. The zero-order chi connectivity index (χ0) is 12.5. The molecule has 0 atom stereocenters. The highest BCUT2D eigenvalue weighted by Gasteiger charge is 2.44. The van der Waals surface area contributed by atoms with Crippen molar-refractivity contribution in [2.45, 2.75) is 31.1 Å². The minimum atomic E-state index is -0.904. The molecule has 4 heteroatoms. The smallest absolute Gasteiger partial charge is 0.314 e. The van der Waals surface area contributed by atoms with E-state index in [2.05, 4.69) is 0 Å². The van der Waals surface area contributed by atoms with Gasteiger partial charge >= 0.3 is 5.97 Å². The van der Waals surface area contributed by atoms with Crippen LogP contribution in [0.4, 0.5) is 4.39 Å². The van der Waals surface area contributed by atoms with Gasteiger partial charge in [-0.3, -0.25) is 4.79 Å². The highest BCUT2D eigenvalue weighted by atomic mass is 19.1. The lowest BCUT2D eigenvalue weighted by Gasteiger charge is -2.26. The van der Waals surface area contributed by atoms with Crippen LogP contribution in [0.3, 0.4) is 0 Å². The number of methoxy groups -OCH3 is 1. The molecule has 1 saturated carbocycles. The molecule has 92 valence electrons. The maximum absolute atomic E-state index is 13.1. The molecule has 1 fully saturated rings. The van der Waals surface area contributed by atoms with Crippen molar-refractivity contribution < 1.29 is 19.0 Å². The lowest BCUT2D eigenvalue weighted by molar-refractivity contribution is -0.143. The van der Waals surface area contributed by atoms with Gasteiger partial charge in [-0.25, -0.2) is 4.39 Å². The SMILES string of the molecule is COc1cc(F)ccc1C1(C(=O)O)CCCC1. The summed E-state index contributed by atoms with van der Waals surface area (Å²) in [6.45, 7) is 0. The van der Waals surface area contributed by atoms with E-state index in [-0.39, 0.29) is 0 Å². The molecule has 0 saturated heterocycles. The van der Waals surface area contributed by atoms with E-state index >= 15 is 0 Å². The molecule has 0 amide bonds. The first-order valence-electron chi connectivity index (χ1n) is 5.67. The first-order chi connectivity index (χ1) is 8.10. The number of carbonyl (C=O) groups is 1. The van der Waals surface area contributed by atoms with E-state index in [1.807, 2.05) is 0 Å². The number of benzene rings is 1. The summed E-state index contributed by atoms with van der Waals surface area (Å²) >= 11 is 0. The first-order valence-corrected chi connectivity index (χ1v) is 5.67. The maximum atomic E-state index is 13.1. The summed E-state index contributed by atoms with van der Waals surface area (Å²) in [5, 5.41) is 9.46. The van der Waals surface area contributed by atoms with Crippen LogP contribution in [0.25, 0.3) is 0 Å². The number of carboxylic acids is 1. The Labute approximate surface area is 99.2 Å². The molecule has 0 aliphatic heterocycles. The number of ether oxygens (including phenoxy) is 1. The van der Waals surface area contributed by atoms with Crippen molar-refractivity contribution >= 4 is 5.97 Å². The molecule has 1 aliphatic carbocycles. The molecule has 0 unspecified atom stereocenters. The molecule has 0 heterocycles. The van der Waals surface area contributed by atoms with Gasteiger partial charge in [0, 0.05) is 11.6 Å². The molecule has 3 nitrogen and oxygen atoms in total. The van der Waals surface area contributed by atoms with Crippen LogP contribution < -0.4 is 4.74 Å². The largest absolute Gasteiger partial charge is 0.496 e. The van der Waals surface area contributed by atoms with Crippen molar-refractivity contribution in [2.75, 3.05) is 7.11 Å². The van der Waals surface area contributed by atoms with Crippen LogP contribution in [0, 0.1) is 5.82 Å². The second-order valence-corrected chi connectivity index (χ2v) is 4.44. The number of rotatable bonds is 3. The van der Waals surface area contributed by atoms with Crippen LogP contribution in [0.2, 0.25) is 0 Å². The Hall–Kier alpha value is -1.58. The number of hydrogen-bond donors (Lipinski definition) is 1. The molecule has 0 spiro atoms. The van der Waals surface area contributed by atoms with Crippen LogP contribution in [0.15, 0.2) is 18.2 Å². The number of carboxylic acid groups (broad SMARTS) is 1. The quantitative estimate of drug-likeness (QED) is 0.880. The van der Waals surface area contributed by atoms with Gasteiger partial charge in [0.05, 0.1) is 12.5 Å². The fraction of sp³-hybridized carbons (Fsp3) is 0.462. The molecule has 1 aromatic carbocycles. The highest BCUT2D eigenvalue weighted by molar-refractivity contribution is 5.83. The molecular weight excluding hydrogens is 223 g/mol. The van der Waals surface area contributed by atoms with Gasteiger partial charge in [-0.1, -0.05) is 18.9 Å². The average molecular weight is 238 g/mol. The average Bonchev–Trinajstić information content (AvgIpc) is 2.79. The van der Waals surface area contributed by atoms with E-state index in [0.717, 1.165) is 12.8 Å². The third kappa shape index (κ3) is 1.88. The minimum Gasteiger partial charge on any atom is -0.496 e. The molecule has 1 aromatic rings. The molecule has 2 rings (SSSR count). The van der Waals surface area contributed by atoms with Crippen molar-refractivity contribution in [3.05, 3.63) is 29.6 Å². The van der Waals surface area contributed by atoms with Crippen LogP contribution in [-0.4, -0.2) is 18.2 Å². The van der Waals surface area contributed by atoms with Gasteiger partial charge in [-0.05, 0) is 18.9 Å². The van der Waals surface area contributed by atoms with E-state index in [1.54, 1.807) is 0 Å². The molecule has 1 N–H and O–H groups in total. The van der Waals surface area contributed by atoms with Crippen molar-refractivity contribution in [1.82, 2.24) is 0 Å². The Morgan fingerprint density at radius 3 is 2.59 bits per heavy atom. The monoisotopic (exact) mass is 238 g/mol. The van der Waals surface area contributed by atoms with E-state index in [9.17, 15) is 14.3 Å². The van der Waals surface area contributed by atoms with E-state index in [1.165, 1.54) is 25.3 Å². The second kappa shape index (κ2) is 4.35. The summed E-state index contributed by atoms with van der Waals surface area (Å²) in [4.78, 5) is 11.5. The highest BCUT2D eigenvalue weighted by Crippen LogP contribution is 2.45. The predicted octanol–water partition coefficient (Wildman–Crippen LogP) is 2.73. The predicted molar refractivity (Wildman–Crippen MR) is 60.7 cm³/mol. The number of hydrogen-bond acceptors (Lipinski definition) is 2. The fourth-order valence-corrected chi connectivity index (χ4v) is 2.64. The van der Waals surface area contributed by atoms with Gasteiger partial charge in [-0.15, -0.1) is 0 Å². The van der Waals surface area contributed by atoms with Gasteiger partial charge in [0.15, 0.2) is 0 Å². The molecule has 17 heavy (non-hydrogen) atoms. The van der Waals surface area contributed by atoms with Crippen molar-refractivity contribution in [3.8, 4) is 5.75 Å².